The van der Waals surface area contributed by atoms with E-state index in [0.717, 1.165) is 23.1 Å². The molecule has 6 heteroatoms. The molecule has 22 heavy (non-hydrogen) atoms. The molecule has 116 valence electrons. The molecule has 1 atom stereocenters. The van der Waals surface area contributed by atoms with E-state index >= 15 is 0 Å². The van der Waals surface area contributed by atoms with Crippen LogP contribution < -0.4 is 5.32 Å². The molecule has 4 nitrogen and oxygen atoms in total. The normalized spacial score (nSPS) is 16.3. The van der Waals surface area contributed by atoms with Crippen molar-refractivity contribution in [3.63, 3.8) is 0 Å². The van der Waals surface area contributed by atoms with Crippen molar-refractivity contribution in [2.24, 2.45) is 0 Å². The number of nitrogens with zero attached hydrogens (tertiary/aromatic N) is 1. The molecule has 1 aromatic heterocycles. The SMILES string of the molecule is CC(CN1CCCC1=O)NC(=O)c1sc2ccccc2c1Cl. The zero-order valence-electron chi connectivity index (χ0n) is 12.3. The summed E-state index contributed by atoms with van der Waals surface area (Å²) in [6.07, 6.45) is 1.52. The Bertz CT molecular complexity index is 728. The van der Waals surface area contributed by atoms with Crippen LogP contribution in [0.4, 0.5) is 0 Å². The van der Waals surface area contributed by atoms with Crippen LogP contribution in [-0.2, 0) is 4.79 Å². The smallest absolute Gasteiger partial charge is 0.263 e. The Balaban J connectivity index is 1.70. The van der Waals surface area contributed by atoms with E-state index < -0.39 is 0 Å². The zero-order valence-corrected chi connectivity index (χ0v) is 13.8. The molecule has 2 amide bonds. The first-order chi connectivity index (χ1) is 10.6. The maximum atomic E-state index is 12.4. The van der Waals surface area contributed by atoms with Gasteiger partial charge in [0.15, 0.2) is 0 Å². The van der Waals surface area contributed by atoms with Gasteiger partial charge in [0, 0.05) is 35.6 Å². The average Bonchev–Trinajstić information content (AvgIpc) is 3.04. The predicted molar refractivity (Wildman–Crippen MR) is 89.6 cm³/mol. The maximum Gasteiger partial charge on any atom is 0.263 e. The van der Waals surface area contributed by atoms with E-state index in [4.69, 9.17) is 11.6 Å². The highest BCUT2D eigenvalue weighted by Crippen LogP contribution is 2.35. The first-order valence-electron chi connectivity index (χ1n) is 7.32. The van der Waals surface area contributed by atoms with Crippen LogP contribution in [0.5, 0.6) is 0 Å². The molecule has 0 radical (unpaired) electrons. The fourth-order valence-corrected chi connectivity index (χ4v) is 4.14. The van der Waals surface area contributed by atoms with Crippen LogP contribution in [0.2, 0.25) is 5.02 Å². The molecule has 0 spiro atoms. The second-order valence-electron chi connectivity index (χ2n) is 5.56. The second-order valence-corrected chi connectivity index (χ2v) is 6.99. The molecule has 1 aliphatic rings. The van der Waals surface area contributed by atoms with Crippen LogP contribution in [-0.4, -0.2) is 35.8 Å². The Morgan fingerprint density at radius 3 is 2.91 bits per heavy atom. The van der Waals surface area contributed by atoms with Crippen LogP contribution in [0.25, 0.3) is 10.1 Å². The molecule has 1 aromatic carbocycles. The third-order valence-electron chi connectivity index (χ3n) is 3.78. The van der Waals surface area contributed by atoms with E-state index in [-0.39, 0.29) is 17.9 Å². The van der Waals surface area contributed by atoms with E-state index in [2.05, 4.69) is 5.32 Å². The molecule has 2 aromatic rings. The van der Waals surface area contributed by atoms with E-state index in [9.17, 15) is 9.59 Å². The van der Waals surface area contributed by atoms with Gasteiger partial charge in [-0.05, 0) is 19.4 Å². The number of carbonyl (C=O) groups is 2. The summed E-state index contributed by atoms with van der Waals surface area (Å²) in [5.74, 6) is -0.00802. The van der Waals surface area contributed by atoms with Gasteiger partial charge in [-0.1, -0.05) is 29.8 Å². The number of amides is 2. The molecular weight excluding hydrogens is 320 g/mol. The Morgan fingerprint density at radius 1 is 1.45 bits per heavy atom. The number of carbonyl (C=O) groups excluding carboxylic acids is 2. The van der Waals surface area contributed by atoms with E-state index in [1.165, 1.54) is 11.3 Å². The van der Waals surface area contributed by atoms with Gasteiger partial charge in [0.05, 0.1) is 5.02 Å². The number of thiophene rings is 1. The molecule has 0 bridgehead atoms. The molecule has 1 aliphatic heterocycles. The number of hydrogen-bond donors (Lipinski definition) is 1. The van der Waals surface area contributed by atoms with E-state index in [0.29, 0.717) is 22.9 Å². The maximum absolute atomic E-state index is 12.4. The molecule has 1 unspecified atom stereocenters. The number of likely N-dealkylation sites (tertiary alicyclic amines) is 1. The standard InChI is InChI=1S/C16H17ClN2O2S/c1-10(9-19-8-4-7-13(19)20)18-16(21)15-14(17)11-5-2-3-6-12(11)22-15/h2-3,5-6,10H,4,7-9H2,1H3,(H,18,21). The summed E-state index contributed by atoms with van der Waals surface area (Å²) in [7, 11) is 0. The van der Waals surface area contributed by atoms with Crippen molar-refractivity contribution in [1.82, 2.24) is 10.2 Å². The highest BCUT2D eigenvalue weighted by atomic mass is 35.5. The Hall–Kier alpha value is -1.59. The van der Waals surface area contributed by atoms with Crippen molar-refractivity contribution in [2.75, 3.05) is 13.1 Å². The highest BCUT2D eigenvalue weighted by molar-refractivity contribution is 7.21. The van der Waals surface area contributed by atoms with Gasteiger partial charge in [0.1, 0.15) is 4.88 Å². The molecule has 0 aliphatic carbocycles. The monoisotopic (exact) mass is 336 g/mol. The lowest BCUT2D eigenvalue weighted by atomic mass is 10.2. The van der Waals surface area contributed by atoms with Crippen LogP contribution in [0.15, 0.2) is 24.3 Å². The molecule has 2 heterocycles. The molecular formula is C16H17ClN2O2S. The Morgan fingerprint density at radius 2 is 2.23 bits per heavy atom. The summed E-state index contributed by atoms with van der Waals surface area (Å²) in [4.78, 5) is 26.4. The fourth-order valence-electron chi connectivity index (χ4n) is 2.72. The minimum atomic E-state index is -0.176. The van der Waals surface area contributed by atoms with Gasteiger partial charge in [-0.25, -0.2) is 0 Å². The first-order valence-corrected chi connectivity index (χ1v) is 8.51. The van der Waals surface area contributed by atoms with Crippen molar-refractivity contribution in [3.8, 4) is 0 Å². The summed E-state index contributed by atoms with van der Waals surface area (Å²) in [5, 5.41) is 4.35. The summed E-state index contributed by atoms with van der Waals surface area (Å²) in [5.41, 5.74) is 0. The minimum Gasteiger partial charge on any atom is -0.347 e. The van der Waals surface area contributed by atoms with Crippen LogP contribution >= 0.6 is 22.9 Å². The lowest BCUT2D eigenvalue weighted by Gasteiger charge is -2.21. The summed E-state index contributed by atoms with van der Waals surface area (Å²) >= 11 is 7.71. The minimum absolute atomic E-state index is 0.101. The zero-order chi connectivity index (χ0) is 15.7. The number of hydrogen-bond acceptors (Lipinski definition) is 3. The molecule has 1 saturated heterocycles. The van der Waals surface area contributed by atoms with Gasteiger partial charge in [0.2, 0.25) is 5.91 Å². The molecule has 0 saturated carbocycles. The number of halogens is 1. The van der Waals surface area contributed by atoms with Crippen molar-refractivity contribution < 1.29 is 9.59 Å². The van der Waals surface area contributed by atoms with Gasteiger partial charge in [-0.2, -0.15) is 0 Å². The third-order valence-corrected chi connectivity index (χ3v) is 5.46. The summed E-state index contributed by atoms with van der Waals surface area (Å²) in [6, 6.07) is 7.60. The lowest BCUT2D eigenvalue weighted by Crippen LogP contribution is -2.42. The fraction of sp³-hybridized carbons (Fsp3) is 0.375. The Labute approximate surface area is 138 Å². The highest BCUT2D eigenvalue weighted by Gasteiger charge is 2.24. The van der Waals surface area contributed by atoms with Gasteiger partial charge in [-0.15, -0.1) is 11.3 Å². The van der Waals surface area contributed by atoms with Crippen LogP contribution in [0, 0.1) is 0 Å². The predicted octanol–water partition coefficient (Wildman–Crippen LogP) is 3.30. The summed E-state index contributed by atoms with van der Waals surface area (Å²) in [6.45, 7) is 3.24. The van der Waals surface area contributed by atoms with E-state index in [1.54, 1.807) is 4.90 Å². The first kappa shape index (κ1) is 15.3. The number of benzene rings is 1. The quantitative estimate of drug-likeness (QED) is 0.931. The molecule has 1 N–H and O–H groups in total. The van der Waals surface area contributed by atoms with E-state index in [1.807, 2.05) is 31.2 Å². The third kappa shape index (κ3) is 2.96. The topological polar surface area (TPSA) is 49.4 Å². The second kappa shape index (κ2) is 6.26. The Kier molecular flexibility index (Phi) is 4.36. The van der Waals surface area contributed by atoms with Gasteiger partial charge < -0.3 is 10.2 Å². The number of fused-ring (bicyclic) bond motifs is 1. The van der Waals surface area contributed by atoms with Crippen molar-refractivity contribution >= 4 is 44.8 Å². The lowest BCUT2D eigenvalue weighted by molar-refractivity contribution is -0.127. The van der Waals surface area contributed by atoms with Crippen molar-refractivity contribution in [1.29, 1.82) is 0 Å². The van der Waals surface area contributed by atoms with Crippen LogP contribution in [0.1, 0.15) is 29.4 Å². The molecule has 3 rings (SSSR count). The van der Waals surface area contributed by atoms with Gasteiger partial charge >= 0.3 is 0 Å². The van der Waals surface area contributed by atoms with Gasteiger partial charge in [0.25, 0.3) is 5.91 Å². The number of rotatable bonds is 4. The number of nitrogens with one attached hydrogen (secondary N) is 1. The van der Waals surface area contributed by atoms with Crippen LogP contribution in [0.3, 0.4) is 0 Å². The van der Waals surface area contributed by atoms with Crippen molar-refractivity contribution in [3.05, 3.63) is 34.2 Å². The van der Waals surface area contributed by atoms with Gasteiger partial charge in [-0.3, -0.25) is 9.59 Å². The largest absolute Gasteiger partial charge is 0.347 e. The van der Waals surface area contributed by atoms with Crippen molar-refractivity contribution in [2.45, 2.75) is 25.8 Å². The summed E-state index contributed by atoms with van der Waals surface area (Å²) < 4.78 is 1.00. The molecule has 1 fully saturated rings. The average molecular weight is 337 g/mol.